The van der Waals surface area contributed by atoms with Crippen LogP contribution in [0.1, 0.15) is 11.3 Å². The number of aromatic nitrogens is 3. The standard InChI is InChI=1S/C15H15F3N4O/c1-10-2-5-14(23)22(20-10)9-11-7-21(8-11)13-4-3-12(6-19-13)15(16,17)18/h2-6,11H,7-9H2,1H3. The van der Waals surface area contributed by atoms with Crippen LogP contribution in [0, 0.1) is 12.8 Å². The van der Waals surface area contributed by atoms with E-state index >= 15 is 0 Å². The van der Waals surface area contributed by atoms with E-state index in [9.17, 15) is 18.0 Å². The monoisotopic (exact) mass is 324 g/mol. The molecule has 0 amide bonds. The fourth-order valence-electron chi connectivity index (χ4n) is 2.54. The lowest BCUT2D eigenvalue weighted by molar-refractivity contribution is -0.137. The van der Waals surface area contributed by atoms with Crippen molar-refractivity contribution in [3.63, 3.8) is 0 Å². The Bertz CT molecular complexity index is 749. The van der Waals surface area contributed by atoms with Crippen molar-refractivity contribution in [3.8, 4) is 0 Å². The highest BCUT2D eigenvalue weighted by Gasteiger charge is 2.32. The first-order chi connectivity index (χ1) is 10.8. The van der Waals surface area contributed by atoms with Crippen molar-refractivity contribution >= 4 is 5.82 Å². The molecular formula is C15H15F3N4O. The molecule has 0 unspecified atom stereocenters. The lowest BCUT2D eigenvalue weighted by atomic mass is 10.0. The Morgan fingerprint density at radius 1 is 1.22 bits per heavy atom. The summed E-state index contributed by atoms with van der Waals surface area (Å²) in [6.45, 7) is 3.59. The fourth-order valence-corrected chi connectivity index (χ4v) is 2.54. The van der Waals surface area contributed by atoms with Gasteiger partial charge in [0.2, 0.25) is 0 Å². The number of hydrogen-bond donors (Lipinski definition) is 0. The lowest BCUT2D eigenvalue weighted by Crippen LogP contribution is -2.50. The highest BCUT2D eigenvalue weighted by atomic mass is 19.4. The van der Waals surface area contributed by atoms with Crippen LogP contribution in [0.3, 0.4) is 0 Å². The van der Waals surface area contributed by atoms with Crippen molar-refractivity contribution in [1.29, 1.82) is 0 Å². The van der Waals surface area contributed by atoms with Crippen molar-refractivity contribution < 1.29 is 13.2 Å². The highest BCUT2D eigenvalue weighted by Crippen LogP contribution is 2.30. The number of pyridine rings is 1. The van der Waals surface area contributed by atoms with E-state index in [0.29, 0.717) is 25.5 Å². The Morgan fingerprint density at radius 3 is 2.57 bits per heavy atom. The maximum absolute atomic E-state index is 12.5. The number of rotatable bonds is 3. The van der Waals surface area contributed by atoms with Gasteiger partial charge in [-0.15, -0.1) is 0 Å². The van der Waals surface area contributed by atoms with Crippen molar-refractivity contribution in [2.24, 2.45) is 5.92 Å². The SMILES string of the molecule is Cc1ccc(=O)n(CC2CN(c3ccc(C(F)(F)F)cn3)C2)n1. The molecule has 2 aromatic heterocycles. The molecule has 1 saturated heterocycles. The van der Waals surface area contributed by atoms with Crippen LogP contribution in [0.5, 0.6) is 0 Å². The van der Waals surface area contributed by atoms with Gasteiger partial charge in [-0.3, -0.25) is 4.79 Å². The van der Waals surface area contributed by atoms with E-state index < -0.39 is 11.7 Å². The second-order valence-corrected chi connectivity index (χ2v) is 5.67. The van der Waals surface area contributed by atoms with Crippen LogP contribution in [-0.2, 0) is 12.7 Å². The predicted octanol–water partition coefficient (Wildman–Crippen LogP) is 2.10. The smallest absolute Gasteiger partial charge is 0.356 e. The molecule has 0 aromatic carbocycles. The summed E-state index contributed by atoms with van der Waals surface area (Å²) in [6, 6.07) is 5.55. The van der Waals surface area contributed by atoms with Crippen LogP contribution in [0.25, 0.3) is 0 Å². The zero-order valence-electron chi connectivity index (χ0n) is 12.4. The van der Waals surface area contributed by atoms with E-state index in [1.165, 1.54) is 16.8 Å². The summed E-state index contributed by atoms with van der Waals surface area (Å²) in [5.41, 5.74) is -0.138. The molecule has 0 aliphatic carbocycles. The summed E-state index contributed by atoms with van der Waals surface area (Å²) < 4.78 is 38.9. The molecule has 2 aromatic rings. The summed E-state index contributed by atoms with van der Waals surface area (Å²) in [4.78, 5) is 17.4. The molecule has 0 spiro atoms. The van der Waals surface area contributed by atoms with Gasteiger partial charge in [-0.1, -0.05) is 0 Å². The molecule has 0 radical (unpaired) electrons. The summed E-state index contributed by atoms with van der Waals surface area (Å²) in [5.74, 6) is 0.741. The first kappa shape index (κ1) is 15.5. The third-order valence-corrected chi connectivity index (χ3v) is 3.79. The van der Waals surface area contributed by atoms with Crippen LogP contribution < -0.4 is 10.5 Å². The van der Waals surface area contributed by atoms with Gasteiger partial charge in [0.15, 0.2) is 0 Å². The van der Waals surface area contributed by atoms with Gasteiger partial charge in [-0.2, -0.15) is 18.3 Å². The summed E-state index contributed by atoms with van der Waals surface area (Å²) >= 11 is 0. The molecule has 8 heteroatoms. The zero-order valence-corrected chi connectivity index (χ0v) is 12.4. The second kappa shape index (κ2) is 5.68. The fraction of sp³-hybridized carbons (Fsp3) is 0.400. The van der Waals surface area contributed by atoms with E-state index in [1.54, 1.807) is 6.07 Å². The maximum atomic E-state index is 12.5. The van der Waals surface area contributed by atoms with Gasteiger partial charge in [-0.05, 0) is 25.1 Å². The number of anilines is 1. The Hall–Kier alpha value is -2.38. The van der Waals surface area contributed by atoms with Crippen molar-refractivity contribution in [1.82, 2.24) is 14.8 Å². The minimum atomic E-state index is -4.37. The molecule has 0 bridgehead atoms. The third kappa shape index (κ3) is 3.35. The first-order valence-corrected chi connectivity index (χ1v) is 7.16. The normalized spacial score (nSPS) is 15.6. The third-order valence-electron chi connectivity index (χ3n) is 3.79. The zero-order chi connectivity index (χ0) is 16.6. The van der Waals surface area contributed by atoms with Crippen LogP contribution in [0.4, 0.5) is 19.0 Å². The number of aryl methyl sites for hydroxylation is 1. The first-order valence-electron chi connectivity index (χ1n) is 7.16. The Morgan fingerprint density at radius 2 is 1.96 bits per heavy atom. The van der Waals surface area contributed by atoms with Crippen LogP contribution >= 0.6 is 0 Å². The van der Waals surface area contributed by atoms with Crippen molar-refractivity contribution in [2.75, 3.05) is 18.0 Å². The van der Waals surface area contributed by atoms with Crippen LogP contribution in [0.2, 0.25) is 0 Å². The number of halogens is 3. The molecule has 1 fully saturated rings. The quantitative estimate of drug-likeness (QED) is 0.868. The number of alkyl halides is 3. The van der Waals surface area contributed by atoms with Crippen LogP contribution in [0.15, 0.2) is 35.3 Å². The van der Waals surface area contributed by atoms with Gasteiger partial charge in [0, 0.05) is 31.3 Å². The van der Waals surface area contributed by atoms with E-state index in [1.807, 2.05) is 11.8 Å². The topological polar surface area (TPSA) is 51.0 Å². The van der Waals surface area contributed by atoms with Crippen molar-refractivity contribution in [3.05, 3.63) is 52.1 Å². The molecule has 1 aliphatic rings. The second-order valence-electron chi connectivity index (χ2n) is 5.67. The molecular weight excluding hydrogens is 309 g/mol. The molecule has 1 aliphatic heterocycles. The van der Waals surface area contributed by atoms with Gasteiger partial charge in [0.25, 0.3) is 5.56 Å². The molecule has 0 N–H and O–H groups in total. The molecule has 23 heavy (non-hydrogen) atoms. The summed E-state index contributed by atoms with van der Waals surface area (Å²) in [6.07, 6.45) is -3.53. The summed E-state index contributed by atoms with van der Waals surface area (Å²) in [5, 5.41) is 4.18. The van der Waals surface area contributed by atoms with Gasteiger partial charge in [0.1, 0.15) is 5.82 Å². The van der Waals surface area contributed by atoms with Gasteiger partial charge in [0.05, 0.1) is 17.8 Å². The van der Waals surface area contributed by atoms with Gasteiger partial charge < -0.3 is 4.90 Å². The lowest BCUT2D eigenvalue weighted by Gasteiger charge is -2.40. The minimum Gasteiger partial charge on any atom is -0.356 e. The van der Waals surface area contributed by atoms with Crippen molar-refractivity contribution in [2.45, 2.75) is 19.6 Å². The molecule has 0 saturated carbocycles. The maximum Gasteiger partial charge on any atom is 0.417 e. The molecule has 3 heterocycles. The molecule has 3 rings (SSSR count). The Kier molecular flexibility index (Phi) is 3.83. The predicted molar refractivity (Wildman–Crippen MR) is 78.2 cm³/mol. The van der Waals surface area contributed by atoms with E-state index in [0.717, 1.165) is 18.0 Å². The van der Waals surface area contributed by atoms with E-state index in [4.69, 9.17) is 0 Å². The molecule has 5 nitrogen and oxygen atoms in total. The van der Waals surface area contributed by atoms with Gasteiger partial charge >= 0.3 is 6.18 Å². The Balaban J connectivity index is 1.61. The summed E-state index contributed by atoms with van der Waals surface area (Å²) in [7, 11) is 0. The number of nitrogens with zero attached hydrogens (tertiary/aromatic N) is 4. The number of hydrogen-bond acceptors (Lipinski definition) is 4. The average Bonchev–Trinajstić information content (AvgIpc) is 2.45. The van der Waals surface area contributed by atoms with Gasteiger partial charge in [-0.25, -0.2) is 9.67 Å². The van der Waals surface area contributed by atoms with Crippen LogP contribution in [-0.4, -0.2) is 27.9 Å². The minimum absolute atomic E-state index is 0.151. The Labute approximate surface area is 130 Å². The average molecular weight is 324 g/mol. The molecule has 0 atom stereocenters. The largest absolute Gasteiger partial charge is 0.417 e. The van der Waals surface area contributed by atoms with E-state index in [-0.39, 0.29) is 11.5 Å². The molecule has 122 valence electrons. The van der Waals surface area contributed by atoms with E-state index in [2.05, 4.69) is 10.1 Å². The highest BCUT2D eigenvalue weighted by molar-refractivity contribution is 5.42.